The lowest BCUT2D eigenvalue weighted by Crippen LogP contribution is -2.00. The van der Waals surface area contributed by atoms with Gasteiger partial charge in [-0.3, -0.25) is 0 Å². The van der Waals surface area contributed by atoms with Crippen LogP contribution < -0.4 is 14.2 Å². The third kappa shape index (κ3) is 5.41. The van der Waals surface area contributed by atoms with Gasteiger partial charge in [0.05, 0.1) is 21.3 Å². The summed E-state index contributed by atoms with van der Waals surface area (Å²) in [5.74, 6) is 1.40. The van der Waals surface area contributed by atoms with Crippen LogP contribution in [0.2, 0.25) is 0 Å². The fraction of sp³-hybridized carbons (Fsp3) is 0.190. The Labute approximate surface area is 153 Å². The van der Waals surface area contributed by atoms with Gasteiger partial charge in [-0.2, -0.15) is 0 Å². The topological polar surface area (TPSA) is 54.0 Å². The molecule has 0 fully saturated rings. The van der Waals surface area contributed by atoms with Crippen LogP contribution >= 0.6 is 0 Å². The molecule has 5 heteroatoms. The maximum absolute atomic E-state index is 11.7. The van der Waals surface area contributed by atoms with Crippen LogP contribution in [0, 0.1) is 0 Å². The molecule has 0 unspecified atom stereocenters. The SMILES string of the molecule is COc1cc(OC)c(OC)cc1/C=C/COC(=O)/C=C/c1ccccc1. The maximum Gasteiger partial charge on any atom is 0.331 e. The van der Waals surface area contributed by atoms with Gasteiger partial charge < -0.3 is 18.9 Å². The van der Waals surface area contributed by atoms with Crippen LogP contribution in [-0.4, -0.2) is 33.9 Å². The maximum atomic E-state index is 11.7. The Hall–Kier alpha value is -3.21. The van der Waals surface area contributed by atoms with Gasteiger partial charge in [-0.1, -0.05) is 36.4 Å². The molecule has 0 heterocycles. The molecule has 5 nitrogen and oxygen atoms in total. The van der Waals surface area contributed by atoms with Crippen molar-refractivity contribution in [3.63, 3.8) is 0 Å². The second kappa shape index (κ2) is 9.93. The van der Waals surface area contributed by atoms with E-state index in [1.54, 1.807) is 51.7 Å². The second-order valence-corrected chi connectivity index (χ2v) is 5.23. The molecular weight excluding hydrogens is 332 g/mol. The van der Waals surface area contributed by atoms with Crippen molar-refractivity contribution in [1.29, 1.82) is 0 Å². The van der Waals surface area contributed by atoms with Gasteiger partial charge in [0.15, 0.2) is 11.5 Å². The van der Waals surface area contributed by atoms with Gasteiger partial charge in [0.2, 0.25) is 0 Å². The van der Waals surface area contributed by atoms with Crippen LogP contribution in [-0.2, 0) is 9.53 Å². The fourth-order valence-corrected chi connectivity index (χ4v) is 2.26. The predicted octanol–water partition coefficient (Wildman–Crippen LogP) is 3.98. The first kappa shape index (κ1) is 19.1. The van der Waals surface area contributed by atoms with Crippen molar-refractivity contribution < 1.29 is 23.7 Å². The average molecular weight is 354 g/mol. The number of esters is 1. The number of hydrogen-bond acceptors (Lipinski definition) is 5. The number of carbonyl (C=O) groups excluding carboxylic acids is 1. The standard InChI is InChI=1S/C21H22O5/c1-23-18-15-20(25-3)19(24-2)14-17(18)10-7-13-26-21(22)12-11-16-8-5-4-6-9-16/h4-12,14-15H,13H2,1-3H3/b10-7+,12-11+. The Bertz CT molecular complexity index is 778. The normalized spacial score (nSPS) is 10.9. The van der Waals surface area contributed by atoms with Gasteiger partial charge in [-0.05, 0) is 23.8 Å². The van der Waals surface area contributed by atoms with Crippen molar-refractivity contribution in [2.45, 2.75) is 0 Å². The molecule has 0 aliphatic carbocycles. The third-order valence-electron chi connectivity index (χ3n) is 3.57. The molecule has 0 spiro atoms. The van der Waals surface area contributed by atoms with Crippen LogP contribution in [0.25, 0.3) is 12.2 Å². The summed E-state index contributed by atoms with van der Waals surface area (Å²) < 4.78 is 21.0. The Balaban J connectivity index is 1.95. The lowest BCUT2D eigenvalue weighted by atomic mass is 10.1. The highest BCUT2D eigenvalue weighted by atomic mass is 16.5. The zero-order valence-electron chi connectivity index (χ0n) is 15.1. The molecule has 0 atom stereocenters. The highest BCUT2D eigenvalue weighted by Crippen LogP contribution is 2.35. The Morgan fingerprint density at radius 2 is 1.54 bits per heavy atom. The molecule has 0 aromatic heterocycles. The first-order valence-corrected chi connectivity index (χ1v) is 8.04. The number of carbonyl (C=O) groups is 1. The van der Waals surface area contributed by atoms with Crippen LogP contribution in [0.4, 0.5) is 0 Å². The number of ether oxygens (including phenoxy) is 4. The summed E-state index contributed by atoms with van der Waals surface area (Å²) in [5, 5.41) is 0. The van der Waals surface area contributed by atoms with Crippen molar-refractivity contribution in [3.8, 4) is 17.2 Å². The molecular formula is C21H22O5. The van der Waals surface area contributed by atoms with Crippen molar-refractivity contribution >= 4 is 18.1 Å². The molecule has 0 aliphatic heterocycles. The van der Waals surface area contributed by atoms with Crippen LogP contribution in [0.5, 0.6) is 17.2 Å². The van der Waals surface area contributed by atoms with Crippen molar-refractivity contribution in [1.82, 2.24) is 0 Å². The zero-order chi connectivity index (χ0) is 18.8. The predicted molar refractivity (Wildman–Crippen MR) is 102 cm³/mol. The van der Waals surface area contributed by atoms with E-state index in [9.17, 15) is 4.79 Å². The molecule has 26 heavy (non-hydrogen) atoms. The van der Waals surface area contributed by atoms with E-state index in [0.717, 1.165) is 11.1 Å². The molecule has 0 saturated heterocycles. The summed E-state index contributed by atoms with van der Waals surface area (Å²) in [6.45, 7) is 0.148. The Kier molecular flexibility index (Phi) is 7.31. The summed E-state index contributed by atoms with van der Waals surface area (Å²) >= 11 is 0. The van der Waals surface area contributed by atoms with Crippen LogP contribution in [0.15, 0.2) is 54.6 Å². The molecule has 0 N–H and O–H groups in total. The van der Waals surface area contributed by atoms with E-state index >= 15 is 0 Å². The average Bonchev–Trinajstić information content (AvgIpc) is 2.69. The molecule has 0 bridgehead atoms. The van der Waals surface area contributed by atoms with E-state index in [2.05, 4.69) is 0 Å². The van der Waals surface area contributed by atoms with E-state index in [4.69, 9.17) is 18.9 Å². The lowest BCUT2D eigenvalue weighted by Gasteiger charge is -2.12. The molecule has 2 aromatic rings. The number of methoxy groups -OCH3 is 3. The van der Waals surface area contributed by atoms with E-state index in [-0.39, 0.29) is 6.61 Å². The van der Waals surface area contributed by atoms with Crippen molar-refractivity contribution in [3.05, 3.63) is 65.7 Å². The minimum absolute atomic E-state index is 0.148. The van der Waals surface area contributed by atoms with E-state index < -0.39 is 5.97 Å². The minimum atomic E-state index is -0.405. The molecule has 136 valence electrons. The van der Waals surface area contributed by atoms with Gasteiger partial charge in [0.25, 0.3) is 0 Å². The molecule has 0 radical (unpaired) electrons. The van der Waals surface area contributed by atoms with E-state index in [1.807, 2.05) is 30.3 Å². The Morgan fingerprint density at radius 1 is 0.885 bits per heavy atom. The van der Waals surface area contributed by atoms with E-state index in [0.29, 0.717) is 17.2 Å². The number of hydrogen-bond donors (Lipinski definition) is 0. The quantitative estimate of drug-likeness (QED) is 0.530. The summed E-state index contributed by atoms with van der Waals surface area (Å²) in [7, 11) is 4.71. The summed E-state index contributed by atoms with van der Waals surface area (Å²) in [6.07, 6.45) is 6.65. The lowest BCUT2D eigenvalue weighted by molar-refractivity contribution is -0.136. The van der Waals surface area contributed by atoms with Crippen molar-refractivity contribution in [2.75, 3.05) is 27.9 Å². The van der Waals surface area contributed by atoms with Crippen LogP contribution in [0.1, 0.15) is 11.1 Å². The fourth-order valence-electron chi connectivity index (χ4n) is 2.26. The Morgan fingerprint density at radius 3 is 2.19 bits per heavy atom. The third-order valence-corrected chi connectivity index (χ3v) is 3.57. The first-order chi connectivity index (χ1) is 12.7. The van der Waals surface area contributed by atoms with Gasteiger partial charge in [-0.25, -0.2) is 4.79 Å². The highest BCUT2D eigenvalue weighted by Gasteiger charge is 2.09. The molecule has 2 rings (SSSR count). The molecule has 0 aliphatic rings. The summed E-state index contributed by atoms with van der Waals surface area (Å²) in [5.41, 5.74) is 1.73. The number of rotatable bonds is 8. The summed E-state index contributed by atoms with van der Waals surface area (Å²) in [4.78, 5) is 11.7. The number of benzene rings is 2. The monoisotopic (exact) mass is 354 g/mol. The highest BCUT2D eigenvalue weighted by molar-refractivity contribution is 5.87. The minimum Gasteiger partial charge on any atom is -0.496 e. The molecule has 0 amide bonds. The second-order valence-electron chi connectivity index (χ2n) is 5.23. The first-order valence-electron chi connectivity index (χ1n) is 8.04. The van der Waals surface area contributed by atoms with Gasteiger partial charge in [-0.15, -0.1) is 0 Å². The zero-order valence-corrected chi connectivity index (χ0v) is 15.1. The van der Waals surface area contributed by atoms with Gasteiger partial charge >= 0.3 is 5.97 Å². The van der Waals surface area contributed by atoms with Gasteiger partial charge in [0.1, 0.15) is 12.4 Å². The van der Waals surface area contributed by atoms with Crippen molar-refractivity contribution in [2.24, 2.45) is 0 Å². The van der Waals surface area contributed by atoms with Crippen LogP contribution in [0.3, 0.4) is 0 Å². The summed E-state index contributed by atoms with van der Waals surface area (Å²) in [6, 6.07) is 13.1. The van der Waals surface area contributed by atoms with Gasteiger partial charge in [0, 0.05) is 17.7 Å². The van der Waals surface area contributed by atoms with E-state index in [1.165, 1.54) is 6.08 Å². The molecule has 0 saturated carbocycles. The smallest absolute Gasteiger partial charge is 0.331 e. The molecule has 2 aromatic carbocycles. The largest absolute Gasteiger partial charge is 0.496 e.